The molecule has 1 aliphatic rings. The fourth-order valence-corrected chi connectivity index (χ4v) is 2.78. The first-order chi connectivity index (χ1) is 8.69. The molecule has 0 radical (unpaired) electrons. The third-order valence-electron chi connectivity index (χ3n) is 3.82. The van der Waals surface area contributed by atoms with Gasteiger partial charge in [0.2, 0.25) is 0 Å². The van der Waals surface area contributed by atoms with Gasteiger partial charge >= 0.3 is 5.97 Å². The lowest BCUT2D eigenvalue weighted by Crippen LogP contribution is -2.32. The topological polar surface area (TPSA) is 46.5 Å². The molecule has 1 N–H and O–H groups in total. The van der Waals surface area contributed by atoms with E-state index >= 15 is 0 Å². The molecule has 0 amide bonds. The molecule has 1 saturated carbocycles. The van der Waals surface area contributed by atoms with E-state index in [-0.39, 0.29) is 0 Å². The predicted molar refractivity (Wildman–Crippen MR) is 69.6 cm³/mol. The van der Waals surface area contributed by atoms with Gasteiger partial charge in [-0.15, -0.1) is 0 Å². The molecule has 1 fully saturated rings. The number of aliphatic carboxylic acids is 1. The van der Waals surface area contributed by atoms with E-state index in [1.165, 1.54) is 0 Å². The Hall–Kier alpha value is -1.35. The van der Waals surface area contributed by atoms with Crippen molar-refractivity contribution >= 4 is 5.97 Å². The number of hydrogen-bond donors (Lipinski definition) is 1. The van der Waals surface area contributed by atoms with Crippen molar-refractivity contribution in [1.29, 1.82) is 0 Å². The minimum atomic E-state index is -0.687. The summed E-state index contributed by atoms with van der Waals surface area (Å²) < 4.78 is 5.38. The van der Waals surface area contributed by atoms with Gasteiger partial charge in [0.1, 0.15) is 0 Å². The highest BCUT2D eigenvalue weighted by Gasteiger charge is 2.42. The van der Waals surface area contributed by atoms with E-state index in [0.29, 0.717) is 13.2 Å². The highest BCUT2D eigenvalue weighted by molar-refractivity contribution is 5.81. The van der Waals surface area contributed by atoms with Crippen LogP contribution in [-0.2, 0) is 21.6 Å². The third kappa shape index (κ3) is 2.41. The molecule has 0 atom stereocenters. The number of carboxylic acids is 1. The van der Waals surface area contributed by atoms with Gasteiger partial charge in [-0.2, -0.15) is 0 Å². The largest absolute Gasteiger partial charge is 0.481 e. The first-order valence-corrected chi connectivity index (χ1v) is 6.59. The molecule has 1 aliphatic carbocycles. The Morgan fingerprint density at radius 2 is 2.11 bits per heavy atom. The second-order valence-corrected chi connectivity index (χ2v) is 4.93. The van der Waals surface area contributed by atoms with Crippen molar-refractivity contribution in [3.63, 3.8) is 0 Å². The molecule has 0 saturated heterocycles. The van der Waals surface area contributed by atoms with E-state index in [2.05, 4.69) is 0 Å². The summed E-state index contributed by atoms with van der Waals surface area (Å²) in [6.45, 7) is 3.19. The van der Waals surface area contributed by atoms with E-state index < -0.39 is 11.4 Å². The monoisotopic (exact) mass is 248 g/mol. The normalized spacial score (nSPS) is 17.8. The minimum absolute atomic E-state index is 0.556. The number of rotatable bonds is 5. The quantitative estimate of drug-likeness (QED) is 0.870. The highest BCUT2D eigenvalue weighted by atomic mass is 16.5. The molecule has 1 aromatic carbocycles. The van der Waals surface area contributed by atoms with Gasteiger partial charge in [-0.25, -0.2) is 0 Å². The van der Waals surface area contributed by atoms with Crippen LogP contribution >= 0.6 is 0 Å². The van der Waals surface area contributed by atoms with Gasteiger partial charge in [0.05, 0.1) is 12.0 Å². The smallest absolute Gasteiger partial charge is 0.314 e. The van der Waals surface area contributed by atoms with Crippen molar-refractivity contribution in [2.75, 3.05) is 6.61 Å². The van der Waals surface area contributed by atoms with Gasteiger partial charge in [0.15, 0.2) is 0 Å². The summed E-state index contributed by atoms with van der Waals surface area (Å²) in [5, 5.41) is 9.55. The molecule has 3 heteroatoms. The third-order valence-corrected chi connectivity index (χ3v) is 3.82. The van der Waals surface area contributed by atoms with Gasteiger partial charge < -0.3 is 9.84 Å². The van der Waals surface area contributed by atoms with Crippen molar-refractivity contribution in [2.45, 2.75) is 44.6 Å². The number of benzene rings is 1. The van der Waals surface area contributed by atoms with E-state index in [1.54, 1.807) is 0 Å². The van der Waals surface area contributed by atoms with Crippen LogP contribution in [0.5, 0.6) is 0 Å². The van der Waals surface area contributed by atoms with Crippen LogP contribution in [0, 0.1) is 0 Å². The predicted octanol–water partition coefficient (Wildman–Crippen LogP) is 3.12. The number of hydrogen-bond acceptors (Lipinski definition) is 2. The molecule has 98 valence electrons. The summed E-state index contributed by atoms with van der Waals surface area (Å²) >= 11 is 0. The first-order valence-electron chi connectivity index (χ1n) is 6.59. The molecule has 0 aromatic heterocycles. The molecular weight excluding hydrogens is 228 g/mol. The molecule has 1 aromatic rings. The van der Waals surface area contributed by atoms with Crippen LogP contribution in [0.4, 0.5) is 0 Å². The summed E-state index contributed by atoms with van der Waals surface area (Å²) in [6, 6.07) is 7.86. The van der Waals surface area contributed by atoms with E-state index in [9.17, 15) is 9.90 Å². The van der Waals surface area contributed by atoms with E-state index in [1.807, 2.05) is 31.2 Å². The molecule has 18 heavy (non-hydrogen) atoms. The zero-order chi connectivity index (χ0) is 13.0. The van der Waals surface area contributed by atoms with Gasteiger partial charge in [-0.3, -0.25) is 4.79 Å². The van der Waals surface area contributed by atoms with Crippen molar-refractivity contribution in [1.82, 2.24) is 0 Å². The molecular formula is C15H20O3. The van der Waals surface area contributed by atoms with Gasteiger partial charge in [-0.05, 0) is 30.9 Å². The van der Waals surface area contributed by atoms with Gasteiger partial charge in [-0.1, -0.05) is 37.1 Å². The zero-order valence-electron chi connectivity index (χ0n) is 10.8. The van der Waals surface area contributed by atoms with Crippen LogP contribution in [0.2, 0.25) is 0 Å². The molecule has 0 unspecified atom stereocenters. The summed E-state index contributed by atoms with van der Waals surface area (Å²) in [5.74, 6) is -0.687. The lowest BCUT2D eigenvalue weighted by atomic mass is 9.78. The molecule has 2 rings (SSSR count). The second kappa shape index (κ2) is 5.53. The molecule has 0 aliphatic heterocycles. The summed E-state index contributed by atoms with van der Waals surface area (Å²) in [6.07, 6.45) is 3.50. The SMILES string of the molecule is CCOCc1cccc(C2(C(=O)O)CCCC2)c1. The highest BCUT2D eigenvalue weighted by Crippen LogP contribution is 2.41. The number of ether oxygens (including phenoxy) is 1. The maximum absolute atomic E-state index is 11.6. The second-order valence-electron chi connectivity index (χ2n) is 4.93. The standard InChI is InChI=1S/C15H20O3/c1-2-18-11-12-6-5-7-13(10-12)15(14(16)17)8-3-4-9-15/h5-7,10H,2-4,8-9,11H2,1H3,(H,16,17). The van der Waals surface area contributed by atoms with Gasteiger partial charge in [0, 0.05) is 6.61 Å². The fraction of sp³-hybridized carbons (Fsp3) is 0.533. The number of carboxylic acid groups (broad SMARTS) is 1. The lowest BCUT2D eigenvalue weighted by Gasteiger charge is -2.24. The fourth-order valence-electron chi connectivity index (χ4n) is 2.78. The zero-order valence-corrected chi connectivity index (χ0v) is 10.8. The Labute approximate surface area is 108 Å². The van der Waals surface area contributed by atoms with E-state index in [0.717, 1.165) is 36.8 Å². The Kier molecular flexibility index (Phi) is 4.02. The van der Waals surface area contributed by atoms with Crippen LogP contribution in [0.3, 0.4) is 0 Å². The Morgan fingerprint density at radius 3 is 2.72 bits per heavy atom. The summed E-state index contributed by atoms with van der Waals surface area (Å²) in [7, 11) is 0. The van der Waals surface area contributed by atoms with Crippen molar-refractivity contribution in [3.8, 4) is 0 Å². The Morgan fingerprint density at radius 1 is 1.39 bits per heavy atom. The molecule has 0 spiro atoms. The molecule has 3 nitrogen and oxygen atoms in total. The summed E-state index contributed by atoms with van der Waals surface area (Å²) in [4.78, 5) is 11.6. The van der Waals surface area contributed by atoms with Crippen LogP contribution < -0.4 is 0 Å². The Bertz CT molecular complexity index is 420. The van der Waals surface area contributed by atoms with Crippen LogP contribution in [0.1, 0.15) is 43.7 Å². The summed E-state index contributed by atoms with van der Waals surface area (Å²) in [5.41, 5.74) is 1.33. The average Bonchev–Trinajstić information content (AvgIpc) is 2.87. The number of carbonyl (C=O) groups is 1. The lowest BCUT2D eigenvalue weighted by molar-refractivity contribution is -0.143. The van der Waals surface area contributed by atoms with Crippen LogP contribution in [0.15, 0.2) is 24.3 Å². The van der Waals surface area contributed by atoms with Crippen LogP contribution in [0.25, 0.3) is 0 Å². The molecule has 0 bridgehead atoms. The Balaban J connectivity index is 2.28. The van der Waals surface area contributed by atoms with Crippen LogP contribution in [-0.4, -0.2) is 17.7 Å². The van der Waals surface area contributed by atoms with Gasteiger partial charge in [0.25, 0.3) is 0 Å². The maximum atomic E-state index is 11.6. The van der Waals surface area contributed by atoms with Crippen molar-refractivity contribution < 1.29 is 14.6 Å². The van der Waals surface area contributed by atoms with E-state index in [4.69, 9.17) is 4.74 Å². The maximum Gasteiger partial charge on any atom is 0.314 e. The average molecular weight is 248 g/mol. The first kappa shape index (κ1) is 13.1. The minimum Gasteiger partial charge on any atom is -0.481 e. The molecule has 0 heterocycles. The van der Waals surface area contributed by atoms with Crippen molar-refractivity contribution in [2.24, 2.45) is 0 Å². The van der Waals surface area contributed by atoms with Crippen molar-refractivity contribution in [3.05, 3.63) is 35.4 Å².